The fourth-order valence-electron chi connectivity index (χ4n) is 1.73. The monoisotopic (exact) mass is 192 g/mol. The van der Waals surface area contributed by atoms with Gasteiger partial charge in [-0.05, 0) is 47.4 Å². The minimum absolute atomic E-state index is 0.133. The van der Waals surface area contributed by atoms with Crippen LogP contribution in [0.1, 0.15) is 16.7 Å². The first kappa shape index (κ1) is 8.73. The number of aryl methyl sites for hydroxylation is 2. The average Bonchev–Trinajstić information content (AvgIpc) is 2.48. The smallest absolute Gasteiger partial charge is 0.0682 e. The van der Waals surface area contributed by atoms with Gasteiger partial charge < -0.3 is 5.11 Å². The number of hydrogen-bond donors (Lipinski definition) is 1. The molecule has 0 spiro atoms. The van der Waals surface area contributed by atoms with E-state index in [9.17, 15) is 0 Å². The summed E-state index contributed by atoms with van der Waals surface area (Å²) in [4.78, 5) is 0. The molecule has 2 rings (SSSR count). The van der Waals surface area contributed by atoms with E-state index in [1.54, 1.807) is 11.3 Å². The number of benzene rings is 1. The highest BCUT2D eigenvalue weighted by atomic mass is 32.1. The highest BCUT2D eigenvalue weighted by Gasteiger charge is 2.04. The average molecular weight is 192 g/mol. The largest absolute Gasteiger partial charge is 0.392 e. The first-order valence-electron chi connectivity index (χ1n) is 4.30. The summed E-state index contributed by atoms with van der Waals surface area (Å²) in [5.41, 5.74) is 3.61. The Morgan fingerprint density at radius 1 is 1.23 bits per heavy atom. The van der Waals surface area contributed by atoms with Gasteiger partial charge in [0.05, 0.1) is 6.61 Å². The van der Waals surface area contributed by atoms with E-state index in [0.717, 1.165) is 5.56 Å². The summed E-state index contributed by atoms with van der Waals surface area (Å²) in [6.07, 6.45) is 0. The molecule has 0 saturated carbocycles. The molecule has 0 atom stereocenters. The third-order valence-corrected chi connectivity index (χ3v) is 3.35. The van der Waals surface area contributed by atoms with E-state index in [-0.39, 0.29) is 6.61 Å². The predicted molar refractivity (Wildman–Crippen MR) is 57.2 cm³/mol. The molecule has 13 heavy (non-hydrogen) atoms. The van der Waals surface area contributed by atoms with E-state index in [1.807, 2.05) is 0 Å². The lowest BCUT2D eigenvalue weighted by molar-refractivity contribution is 0.282. The maximum Gasteiger partial charge on any atom is 0.0682 e. The van der Waals surface area contributed by atoms with Crippen LogP contribution < -0.4 is 0 Å². The zero-order chi connectivity index (χ0) is 9.42. The van der Waals surface area contributed by atoms with E-state index in [1.165, 1.54) is 21.2 Å². The van der Waals surface area contributed by atoms with Crippen LogP contribution in [0.3, 0.4) is 0 Å². The third-order valence-electron chi connectivity index (χ3n) is 2.30. The van der Waals surface area contributed by atoms with Gasteiger partial charge in [0.25, 0.3) is 0 Å². The summed E-state index contributed by atoms with van der Waals surface area (Å²) in [6.45, 7) is 4.36. The van der Waals surface area contributed by atoms with Gasteiger partial charge in [-0.2, -0.15) is 0 Å². The number of thiophene rings is 1. The second-order valence-corrected chi connectivity index (χ2v) is 4.27. The SMILES string of the molecule is Cc1csc2cc(CO)cc(C)c12. The van der Waals surface area contributed by atoms with Gasteiger partial charge in [-0.1, -0.05) is 6.07 Å². The van der Waals surface area contributed by atoms with Crippen LogP contribution in [0.15, 0.2) is 17.5 Å². The van der Waals surface area contributed by atoms with Crippen LogP contribution in [0.5, 0.6) is 0 Å². The number of fused-ring (bicyclic) bond motifs is 1. The molecule has 0 unspecified atom stereocenters. The van der Waals surface area contributed by atoms with Crippen LogP contribution in [0, 0.1) is 13.8 Å². The highest BCUT2D eigenvalue weighted by Crippen LogP contribution is 2.29. The van der Waals surface area contributed by atoms with Crippen molar-refractivity contribution in [2.75, 3.05) is 0 Å². The predicted octanol–water partition coefficient (Wildman–Crippen LogP) is 3.01. The standard InChI is InChI=1S/C11H12OS/c1-7-3-9(5-12)4-10-11(7)8(2)6-13-10/h3-4,6,12H,5H2,1-2H3. The summed E-state index contributed by atoms with van der Waals surface area (Å²) in [6, 6.07) is 4.13. The Bertz CT molecular complexity index is 443. The molecular formula is C11H12OS. The van der Waals surface area contributed by atoms with Crippen molar-refractivity contribution in [2.45, 2.75) is 20.5 Å². The van der Waals surface area contributed by atoms with E-state index in [0.29, 0.717) is 0 Å². The summed E-state index contributed by atoms with van der Waals surface area (Å²) < 4.78 is 1.28. The normalized spacial score (nSPS) is 11.0. The van der Waals surface area contributed by atoms with Crippen molar-refractivity contribution >= 4 is 21.4 Å². The number of rotatable bonds is 1. The molecule has 0 aliphatic carbocycles. The van der Waals surface area contributed by atoms with Crippen LogP contribution in [-0.2, 0) is 6.61 Å². The number of aliphatic hydroxyl groups is 1. The van der Waals surface area contributed by atoms with Gasteiger partial charge in [-0.25, -0.2) is 0 Å². The van der Waals surface area contributed by atoms with Crippen molar-refractivity contribution in [2.24, 2.45) is 0 Å². The fourth-order valence-corrected chi connectivity index (χ4v) is 2.81. The zero-order valence-corrected chi connectivity index (χ0v) is 8.61. The van der Waals surface area contributed by atoms with E-state index >= 15 is 0 Å². The molecule has 0 radical (unpaired) electrons. The molecule has 0 fully saturated rings. The van der Waals surface area contributed by atoms with Gasteiger partial charge in [0, 0.05) is 4.70 Å². The summed E-state index contributed by atoms with van der Waals surface area (Å²) in [5, 5.41) is 12.5. The molecule has 0 amide bonds. The van der Waals surface area contributed by atoms with Crippen molar-refractivity contribution in [3.8, 4) is 0 Å². The topological polar surface area (TPSA) is 20.2 Å². The Morgan fingerprint density at radius 2 is 2.00 bits per heavy atom. The molecule has 1 heterocycles. The van der Waals surface area contributed by atoms with Gasteiger partial charge in [0.1, 0.15) is 0 Å². The van der Waals surface area contributed by atoms with E-state index in [2.05, 4.69) is 31.4 Å². The van der Waals surface area contributed by atoms with Gasteiger partial charge in [0.15, 0.2) is 0 Å². The lowest BCUT2D eigenvalue weighted by atomic mass is 10.1. The van der Waals surface area contributed by atoms with Crippen molar-refractivity contribution < 1.29 is 5.11 Å². The van der Waals surface area contributed by atoms with Crippen LogP contribution in [0.25, 0.3) is 10.1 Å². The van der Waals surface area contributed by atoms with Gasteiger partial charge in [-0.3, -0.25) is 0 Å². The van der Waals surface area contributed by atoms with E-state index < -0.39 is 0 Å². The van der Waals surface area contributed by atoms with Crippen molar-refractivity contribution in [3.05, 3.63) is 34.2 Å². The van der Waals surface area contributed by atoms with Crippen LogP contribution in [0.2, 0.25) is 0 Å². The molecule has 0 aliphatic heterocycles. The Labute approximate surface area is 81.6 Å². The second kappa shape index (κ2) is 3.13. The minimum Gasteiger partial charge on any atom is -0.392 e. The maximum atomic E-state index is 9.03. The number of aliphatic hydroxyl groups excluding tert-OH is 1. The van der Waals surface area contributed by atoms with Crippen LogP contribution in [0.4, 0.5) is 0 Å². The lowest BCUT2D eigenvalue weighted by Gasteiger charge is -2.01. The van der Waals surface area contributed by atoms with Crippen LogP contribution >= 0.6 is 11.3 Å². The first-order chi connectivity index (χ1) is 6.22. The third kappa shape index (κ3) is 1.36. The molecule has 1 N–H and O–H groups in total. The zero-order valence-electron chi connectivity index (χ0n) is 7.79. The molecule has 1 nitrogen and oxygen atoms in total. The summed E-state index contributed by atoms with van der Waals surface area (Å²) in [5.74, 6) is 0. The molecule has 0 bridgehead atoms. The maximum absolute atomic E-state index is 9.03. The molecule has 2 heteroatoms. The Kier molecular flexibility index (Phi) is 2.10. The first-order valence-corrected chi connectivity index (χ1v) is 5.18. The van der Waals surface area contributed by atoms with Gasteiger partial charge in [0.2, 0.25) is 0 Å². The lowest BCUT2D eigenvalue weighted by Crippen LogP contribution is -1.84. The Hall–Kier alpha value is -0.860. The highest BCUT2D eigenvalue weighted by molar-refractivity contribution is 7.17. The van der Waals surface area contributed by atoms with E-state index in [4.69, 9.17) is 5.11 Å². The molecule has 1 aromatic heterocycles. The number of hydrogen-bond acceptors (Lipinski definition) is 2. The summed E-state index contributed by atoms with van der Waals surface area (Å²) in [7, 11) is 0. The molecule has 0 saturated heterocycles. The molecule has 68 valence electrons. The van der Waals surface area contributed by atoms with Crippen molar-refractivity contribution in [3.63, 3.8) is 0 Å². The van der Waals surface area contributed by atoms with Crippen molar-refractivity contribution in [1.82, 2.24) is 0 Å². The van der Waals surface area contributed by atoms with Crippen molar-refractivity contribution in [1.29, 1.82) is 0 Å². The fraction of sp³-hybridized carbons (Fsp3) is 0.273. The van der Waals surface area contributed by atoms with Crippen LogP contribution in [-0.4, -0.2) is 5.11 Å². The van der Waals surface area contributed by atoms with Gasteiger partial charge >= 0.3 is 0 Å². The quantitative estimate of drug-likeness (QED) is 0.736. The van der Waals surface area contributed by atoms with Gasteiger partial charge in [-0.15, -0.1) is 11.3 Å². The Balaban J connectivity index is 2.79. The summed E-state index contributed by atoms with van der Waals surface area (Å²) >= 11 is 1.75. The molecule has 1 aromatic carbocycles. The minimum atomic E-state index is 0.133. The Morgan fingerprint density at radius 3 is 2.69 bits per heavy atom. The molecule has 2 aromatic rings. The molecule has 0 aliphatic rings. The second-order valence-electron chi connectivity index (χ2n) is 3.36. The molecular weight excluding hydrogens is 180 g/mol.